The first-order valence-corrected chi connectivity index (χ1v) is 7.96. The molecular weight excluding hydrogens is 276 g/mol. The van der Waals surface area contributed by atoms with Crippen molar-refractivity contribution in [2.75, 3.05) is 11.6 Å². The summed E-state index contributed by atoms with van der Waals surface area (Å²) >= 11 is 0. The average Bonchev–Trinajstić information content (AvgIpc) is 2.40. The molecule has 20 heavy (non-hydrogen) atoms. The molecule has 2 aromatic rings. The van der Waals surface area contributed by atoms with Crippen molar-refractivity contribution in [2.45, 2.75) is 25.3 Å². The molecule has 0 saturated heterocycles. The second-order valence-corrected chi connectivity index (χ2v) is 6.59. The van der Waals surface area contributed by atoms with Crippen LogP contribution in [0.25, 0.3) is 0 Å². The molecule has 0 bridgehead atoms. The molecule has 106 valence electrons. The molecule has 0 radical (unpaired) electrons. The minimum atomic E-state index is -3.15. The maximum atomic E-state index is 11.3. The van der Waals surface area contributed by atoms with Crippen LogP contribution in [0.15, 0.2) is 29.2 Å². The van der Waals surface area contributed by atoms with Gasteiger partial charge in [-0.25, -0.2) is 13.4 Å². The molecule has 0 fully saturated rings. The number of aromatic nitrogens is 3. The number of rotatable bonds is 4. The Balaban J connectivity index is 2.06. The number of nitrogens with zero attached hydrogens (tertiary/aromatic N) is 3. The largest absolute Gasteiger partial charge is 0.349 e. The molecule has 6 nitrogen and oxygen atoms in total. The van der Waals surface area contributed by atoms with Crippen LogP contribution in [0.5, 0.6) is 0 Å². The zero-order valence-corrected chi connectivity index (χ0v) is 12.4. The fourth-order valence-corrected chi connectivity index (χ4v) is 2.20. The Morgan fingerprint density at radius 3 is 2.25 bits per heavy atom. The van der Waals surface area contributed by atoms with Crippen LogP contribution in [0.2, 0.25) is 0 Å². The summed E-state index contributed by atoms with van der Waals surface area (Å²) in [5.74, 6) is 0.459. The molecule has 1 N–H and O–H groups in total. The predicted molar refractivity (Wildman–Crippen MR) is 76.2 cm³/mol. The predicted octanol–water partition coefficient (Wildman–Crippen LogP) is 1.50. The summed E-state index contributed by atoms with van der Waals surface area (Å²) in [5, 5.41) is 11.0. The zero-order chi connectivity index (χ0) is 14.8. The monoisotopic (exact) mass is 292 g/mol. The molecule has 0 saturated carbocycles. The van der Waals surface area contributed by atoms with Crippen LogP contribution in [0.4, 0.5) is 5.95 Å². The van der Waals surface area contributed by atoms with Gasteiger partial charge in [-0.1, -0.05) is 12.1 Å². The van der Waals surface area contributed by atoms with Gasteiger partial charge in [0.1, 0.15) is 0 Å². The van der Waals surface area contributed by atoms with Crippen molar-refractivity contribution < 1.29 is 8.42 Å². The van der Waals surface area contributed by atoms with Gasteiger partial charge in [-0.3, -0.25) is 0 Å². The van der Waals surface area contributed by atoms with Gasteiger partial charge in [-0.15, -0.1) is 5.10 Å². The average molecular weight is 292 g/mol. The lowest BCUT2D eigenvalue weighted by Crippen LogP contribution is -2.07. The summed E-state index contributed by atoms with van der Waals surface area (Å²) in [6.07, 6.45) is 1.19. The van der Waals surface area contributed by atoms with Gasteiger partial charge in [0.05, 0.1) is 16.3 Å². The summed E-state index contributed by atoms with van der Waals surface area (Å²) in [4.78, 5) is 4.57. The van der Waals surface area contributed by atoms with E-state index in [9.17, 15) is 8.42 Å². The van der Waals surface area contributed by atoms with Crippen molar-refractivity contribution in [3.05, 3.63) is 41.2 Å². The topological polar surface area (TPSA) is 84.8 Å². The Morgan fingerprint density at radius 2 is 1.70 bits per heavy atom. The van der Waals surface area contributed by atoms with Gasteiger partial charge >= 0.3 is 0 Å². The molecule has 0 amide bonds. The summed E-state index contributed by atoms with van der Waals surface area (Å²) in [6, 6.07) is 6.70. The molecule has 1 aromatic carbocycles. The number of hydrogen-bond donors (Lipinski definition) is 1. The maximum Gasteiger partial charge on any atom is 0.243 e. The standard InChI is InChI=1S/C13H16N4O2S/c1-9-10(2)16-17-13(15-9)14-8-11-4-6-12(7-5-11)20(3,18)19/h4-7H,8H2,1-3H3,(H,14,15,17). The normalized spacial score (nSPS) is 11.3. The van der Waals surface area contributed by atoms with E-state index < -0.39 is 9.84 Å². The molecule has 1 aromatic heterocycles. The van der Waals surface area contributed by atoms with E-state index in [-0.39, 0.29) is 0 Å². The summed E-state index contributed by atoms with van der Waals surface area (Å²) in [7, 11) is -3.15. The number of anilines is 1. The third kappa shape index (κ3) is 3.51. The fraction of sp³-hybridized carbons (Fsp3) is 0.308. The lowest BCUT2D eigenvalue weighted by atomic mass is 10.2. The Bertz CT molecular complexity index is 712. The molecule has 0 spiro atoms. The van der Waals surface area contributed by atoms with E-state index >= 15 is 0 Å². The highest BCUT2D eigenvalue weighted by atomic mass is 32.2. The Labute approximate surface area is 118 Å². The number of nitrogens with one attached hydrogen (secondary N) is 1. The van der Waals surface area contributed by atoms with Crippen LogP contribution in [0.1, 0.15) is 17.0 Å². The van der Waals surface area contributed by atoms with Crippen molar-refractivity contribution in [3.63, 3.8) is 0 Å². The summed E-state index contributed by atoms with van der Waals surface area (Å²) in [6.45, 7) is 4.23. The zero-order valence-electron chi connectivity index (χ0n) is 11.6. The van der Waals surface area contributed by atoms with E-state index in [1.54, 1.807) is 24.3 Å². The molecule has 0 aliphatic heterocycles. The van der Waals surface area contributed by atoms with E-state index in [4.69, 9.17) is 0 Å². The van der Waals surface area contributed by atoms with Crippen LogP contribution < -0.4 is 5.32 Å². The van der Waals surface area contributed by atoms with Gasteiger partial charge in [-0.2, -0.15) is 5.10 Å². The van der Waals surface area contributed by atoms with E-state index in [1.807, 2.05) is 13.8 Å². The van der Waals surface area contributed by atoms with Crippen LogP contribution >= 0.6 is 0 Å². The van der Waals surface area contributed by atoms with E-state index in [0.29, 0.717) is 17.4 Å². The van der Waals surface area contributed by atoms with Gasteiger partial charge < -0.3 is 5.32 Å². The second kappa shape index (κ2) is 5.54. The lowest BCUT2D eigenvalue weighted by Gasteiger charge is -2.06. The maximum absolute atomic E-state index is 11.3. The Morgan fingerprint density at radius 1 is 1.05 bits per heavy atom. The van der Waals surface area contributed by atoms with E-state index in [1.165, 1.54) is 6.26 Å². The molecule has 2 rings (SSSR count). The second-order valence-electron chi connectivity index (χ2n) is 4.58. The molecule has 1 heterocycles. The Kier molecular flexibility index (Phi) is 3.99. The minimum Gasteiger partial charge on any atom is -0.349 e. The lowest BCUT2D eigenvalue weighted by molar-refractivity contribution is 0.602. The van der Waals surface area contributed by atoms with Gasteiger partial charge in [-0.05, 0) is 31.5 Å². The third-order valence-corrected chi connectivity index (χ3v) is 4.02. The number of aryl methyl sites for hydroxylation is 2. The van der Waals surface area contributed by atoms with Crippen LogP contribution in [-0.4, -0.2) is 29.9 Å². The first kappa shape index (κ1) is 14.4. The number of benzene rings is 1. The van der Waals surface area contributed by atoms with Crippen molar-refractivity contribution in [1.82, 2.24) is 15.2 Å². The highest BCUT2D eigenvalue weighted by Crippen LogP contribution is 2.11. The van der Waals surface area contributed by atoms with Crippen LogP contribution in [0.3, 0.4) is 0 Å². The van der Waals surface area contributed by atoms with Gasteiger partial charge in [0.25, 0.3) is 0 Å². The summed E-state index contributed by atoms with van der Waals surface area (Å²) < 4.78 is 22.7. The molecule has 0 aliphatic carbocycles. The smallest absolute Gasteiger partial charge is 0.243 e. The van der Waals surface area contributed by atoms with E-state index in [2.05, 4.69) is 20.5 Å². The quantitative estimate of drug-likeness (QED) is 0.919. The van der Waals surface area contributed by atoms with Gasteiger partial charge in [0.15, 0.2) is 9.84 Å². The van der Waals surface area contributed by atoms with Crippen molar-refractivity contribution >= 4 is 15.8 Å². The fourth-order valence-electron chi connectivity index (χ4n) is 1.57. The third-order valence-electron chi connectivity index (χ3n) is 2.89. The van der Waals surface area contributed by atoms with Crippen molar-refractivity contribution in [1.29, 1.82) is 0 Å². The van der Waals surface area contributed by atoms with Gasteiger partial charge in [0, 0.05) is 12.8 Å². The molecule has 0 atom stereocenters. The number of hydrogen-bond acceptors (Lipinski definition) is 6. The first-order chi connectivity index (χ1) is 9.36. The first-order valence-electron chi connectivity index (χ1n) is 6.07. The highest BCUT2D eigenvalue weighted by molar-refractivity contribution is 7.90. The molecule has 7 heteroatoms. The molecular formula is C13H16N4O2S. The number of sulfone groups is 1. The van der Waals surface area contributed by atoms with Crippen LogP contribution in [0, 0.1) is 13.8 Å². The molecule has 0 unspecified atom stereocenters. The van der Waals surface area contributed by atoms with Crippen molar-refractivity contribution in [2.24, 2.45) is 0 Å². The molecule has 0 aliphatic rings. The van der Waals surface area contributed by atoms with Crippen LogP contribution in [-0.2, 0) is 16.4 Å². The highest BCUT2D eigenvalue weighted by Gasteiger charge is 2.06. The summed E-state index contributed by atoms with van der Waals surface area (Å²) in [5.41, 5.74) is 2.57. The Hall–Kier alpha value is -2.02. The van der Waals surface area contributed by atoms with Crippen molar-refractivity contribution in [3.8, 4) is 0 Å². The van der Waals surface area contributed by atoms with E-state index in [0.717, 1.165) is 17.0 Å². The minimum absolute atomic E-state index is 0.311. The van der Waals surface area contributed by atoms with Gasteiger partial charge in [0.2, 0.25) is 5.95 Å². The SMILES string of the molecule is Cc1nnc(NCc2ccc(S(C)(=O)=O)cc2)nc1C.